The summed E-state index contributed by atoms with van der Waals surface area (Å²) in [5, 5.41) is 6.58. The van der Waals surface area contributed by atoms with Gasteiger partial charge in [-0.25, -0.2) is 0 Å². The lowest BCUT2D eigenvalue weighted by Gasteiger charge is -2.07. The Bertz CT molecular complexity index is 641. The van der Waals surface area contributed by atoms with Crippen molar-refractivity contribution in [1.29, 1.82) is 0 Å². The number of anilines is 1. The molecule has 0 aliphatic heterocycles. The van der Waals surface area contributed by atoms with Gasteiger partial charge in [0.25, 0.3) is 5.91 Å². The molecule has 2 aromatic carbocycles. The van der Waals surface area contributed by atoms with Gasteiger partial charge in [0, 0.05) is 11.3 Å². The van der Waals surface area contributed by atoms with Crippen LogP contribution in [-0.2, 0) is 4.84 Å². The van der Waals surface area contributed by atoms with Crippen molar-refractivity contribution < 1.29 is 9.63 Å². The van der Waals surface area contributed by atoms with Crippen LogP contribution in [-0.4, -0.2) is 19.2 Å². The van der Waals surface area contributed by atoms with Crippen molar-refractivity contribution in [2.75, 3.05) is 12.4 Å². The minimum absolute atomic E-state index is 0.129. The Labute approximate surface area is 124 Å². The molecule has 0 spiro atoms. The molecule has 2 rings (SSSR count). The summed E-state index contributed by atoms with van der Waals surface area (Å²) in [5.74, 6) is -0.129. The van der Waals surface area contributed by atoms with Crippen LogP contribution in [0.2, 0.25) is 0 Å². The van der Waals surface area contributed by atoms with Crippen molar-refractivity contribution in [3.05, 3.63) is 64.7 Å². The van der Waals surface area contributed by atoms with Crippen LogP contribution in [0.1, 0.15) is 27.0 Å². The van der Waals surface area contributed by atoms with Gasteiger partial charge in [-0.2, -0.15) is 0 Å². The number of carbonyl (C=O) groups excluding carboxylic acids is 1. The molecule has 21 heavy (non-hydrogen) atoms. The monoisotopic (exact) mass is 282 g/mol. The number of benzene rings is 2. The highest BCUT2D eigenvalue weighted by Gasteiger charge is 2.06. The molecule has 0 saturated heterocycles. The molecule has 0 atom stereocenters. The van der Waals surface area contributed by atoms with Crippen molar-refractivity contribution in [1.82, 2.24) is 0 Å². The number of carbonyl (C=O) groups is 1. The summed E-state index contributed by atoms with van der Waals surface area (Å²) in [6, 6.07) is 13.1. The summed E-state index contributed by atoms with van der Waals surface area (Å²) in [6.07, 6.45) is 1.59. The van der Waals surface area contributed by atoms with Gasteiger partial charge in [0.15, 0.2) is 0 Å². The molecular weight excluding hydrogens is 264 g/mol. The number of nitrogens with one attached hydrogen (secondary N) is 1. The molecule has 0 aromatic heterocycles. The number of rotatable bonds is 4. The fourth-order valence-electron chi connectivity index (χ4n) is 2.08. The van der Waals surface area contributed by atoms with Gasteiger partial charge in [-0.15, -0.1) is 0 Å². The van der Waals surface area contributed by atoms with E-state index >= 15 is 0 Å². The van der Waals surface area contributed by atoms with E-state index in [1.807, 2.05) is 38.1 Å². The average Bonchev–Trinajstić information content (AvgIpc) is 2.44. The maximum Gasteiger partial charge on any atom is 0.255 e. The zero-order chi connectivity index (χ0) is 15.2. The Morgan fingerprint density at radius 3 is 2.29 bits per heavy atom. The number of hydrogen-bond acceptors (Lipinski definition) is 3. The van der Waals surface area contributed by atoms with Crippen molar-refractivity contribution in [3.8, 4) is 0 Å². The van der Waals surface area contributed by atoms with Gasteiger partial charge in [-0.3, -0.25) is 4.79 Å². The summed E-state index contributed by atoms with van der Waals surface area (Å²) in [6.45, 7) is 4.01. The normalized spacial score (nSPS) is 10.6. The van der Waals surface area contributed by atoms with E-state index in [9.17, 15) is 4.79 Å². The first kappa shape index (κ1) is 14.8. The quantitative estimate of drug-likeness (QED) is 0.689. The van der Waals surface area contributed by atoms with Gasteiger partial charge in [0.2, 0.25) is 0 Å². The first-order valence-corrected chi connectivity index (χ1v) is 6.65. The van der Waals surface area contributed by atoms with Gasteiger partial charge < -0.3 is 10.2 Å². The summed E-state index contributed by atoms with van der Waals surface area (Å²) >= 11 is 0. The second kappa shape index (κ2) is 6.70. The van der Waals surface area contributed by atoms with Crippen molar-refractivity contribution in [3.63, 3.8) is 0 Å². The SMILES string of the molecule is CO/N=C/c1ccc(C(=O)Nc2cc(C)cc(C)c2)cc1. The first-order chi connectivity index (χ1) is 10.1. The smallest absolute Gasteiger partial charge is 0.255 e. The van der Waals surface area contributed by atoms with E-state index in [1.165, 1.54) is 7.11 Å². The molecule has 0 aliphatic rings. The van der Waals surface area contributed by atoms with Crippen LogP contribution in [0, 0.1) is 13.8 Å². The Balaban J connectivity index is 2.11. The van der Waals surface area contributed by atoms with E-state index < -0.39 is 0 Å². The fourth-order valence-corrected chi connectivity index (χ4v) is 2.08. The molecule has 0 unspecified atom stereocenters. The van der Waals surface area contributed by atoms with E-state index in [0.717, 1.165) is 22.4 Å². The molecule has 108 valence electrons. The average molecular weight is 282 g/mol. The van der Waals surface area contributed by atoms with Crippen LogP contribution in [0.15, 0.2) is 47.6 Å². The van der Waals surface area contributed by atoms with Crippen LogP contribution in [0.25, 0.3) is 0 Å². The van der Waals surface area contributed by atoms with E-state index in [-0.39, 0.29) is 5.91 Å². The number of hydrogen-bond donors (Lipinski definition) is 1. The molecule has 2 aromatic rings. The third-order valence-corrected chi connectivity index (χ3v) is 2.96. The van der Waals surface area contributed by atoms with Crippen molar-refractivity contribution >= 4 is 17.8 Å². The maximum absolute atomic E-state index is 12.2. The molecule has 0 heterocycles. The summed E-state index contributed by atoms with van der Waals surface area (Å²) in [7, 11) is 1.49. The predicted octanol–water partition coefficient (Wildman–Crippen LogP) is 3.54. The maximum atomic E-state index is 12.2. The molecule has 0 bridgehead atoms. The fraction of sp³-hybridized carbons (Fsp3) is 0.176. The minimum Gasteiger partial charge on any atom is -0.399 e. The largest absolute Gasteiger partial charge is 0.399 e. The topological polar surface area (TPSA) is 50.7 Å². The molecule has 0 aliphatic carbocycles. The van der Waals surface area contributed by atoms with E-state index in [1.54, 1.807) is 18.3 Å². The van der Waals surface area contributed by atoms with Gasteiger partial charge in [-0.1, -0.05) is 23.4 Å². The van der Waals surface area contributed by atoms with E-state index in [4.69, 9.17) is 0 Å². The first-order valence-electron chi connectivity index (χ1n) is 6.65. The second-order valence-corrected chi connectivity index (χ2v) is 4.87. The van der Waals surface area contributed by atoms with Crippen LogP contribution in [0.3, 0.4) is 0 Å². The van der Waals surface area contributed by atoms with Gasteiger partial charge in [0.05, 0.1) is 6.21 Å². The summed E-state index contributed by atoms with van der Waals surface area (Å²) in [4.78, 5) is 16.8. The van der Waals surface area contributed by atoms with Crippen LogP contribution in [0.4, 0.5) is 5.69 Å². The summed E-state index contributed by atoms with van der Waals surface area (Å²) < 4.78 is 0. The standard InChI is InChI=1S/C17H18N2O2/c1-12-8-13(2)10-16(9-12)19-17(20)15-6-4-14(5-7-15)11-18-21-3/h4-11H,1-3H3,(H,19,20)/b18-11+. The Morgan fingerprint density at radius 2 is 1.71 bits per heavy atom. The third kappa shape index (κ3) is 4.18. The molecule has 0 fully saturated rings. The van der Waals surface area contributed by atoms with E-state index in [2.05, 4.69) is 21.4 Å². The van der Waals surface area contributed by atoms with E-state index in [0.29, 0.717) is 5.56 Å². The molecule has 1 N–H and O–H groups in total. The van der Waals surface area contributed by atoms with Crippen LogP contribution < -0.4 is 5.32 Å². The Hall–Kier alpha value is -2.62. The van der Waals surface area contributed by atoms with Crippen molar-refractivity contribution in [2.24, 2.45) is 5.16 Å². The lowest BCUT2D eigenvalue weighted by atomic mass is 10.1. The second-order valence-electron chi connectivity index (χ2n) is 4.87. The number of aryl methyl sites for hydroxylation is 2. The lowest BCUT2D eigenvalue weighted by Crippen LogP contribution is -2.12. The lowest BCUT2D eigenvalue weighted by molar-refractivity contribution is 0.102. The van der Waals surface area contributed by atoms with Crippen LogP contribution >= 0.6 is 0 Å². The Kier molecular flexibility index (Phi) is 4.72. The molecule has 4 heteroatoms. The molecule has 4 nitrogen and oxygen atoms in total. The zero-order valence-corrected chi connectivity index (χ0v) is 12.4. The summed E-state index contributed by atoms with van der Waals surface area (Å²) in [5.41, 5.74) is 4.53. The minimum atomic E-state index is -0.129. The van der Waals surface area contributed by atoms with Crippen molar-refractivity contribution in [2.45, 2.75) is 13.8 Å². The molecule has 0 radical (unpaired) electrons. The van der Waals surface area contributed by atoms with Gasteiger partial charge in [0.1, 0.15) is 7.11 Å². The number of amides is 1. The van der Waals surface area contributed by atoms with Gasteiger partial charge in [-0.05, 0) is 54.8 Å². The molecule has 0 saturated carbocycles. The van der Waals surface area contributed by atoms with Gasteiger partial charge >= 0.3 is 0 Å². The number of oxime groups is 1. The van der Waals surface area contributed by atoms with Crippen LogP contribution in [0.5, 0.6) is 0 Å². The number of nitrogens with zero attached hydrogens (tertiary/aromatic N) is 1. The molecular formula is C17H18N2O2. The Morgan fingerprint density at radius 1 is 1.10 bits per heavy atom. The highest BCUT2D eigenvalue weighted by Crippen LogP contribution is 2.15. The molecule has 1 amide bonds. The highest BCUT2D eigenvalue weighted by molar-refractivity contribution is 6.04. The zero-order valence-electron chi connectivity index (χ0n) is 12.4. The predicted molar refractivity (Wildman–Crippen MR) is 84.9 cm³/mol. The third-order valence-electron chi connectivity index (χ3n) is 2.96. The highest BCUT2D eigenvalue weighted by atomic mass is 16.6.